The van der Waals surface area contributed by atoms with E-state index in [0.717, 1.165) is 0 Å². The number of carbonyl (C=O) groups excluding carboxylic acids is 1. The van der Waals surface area contributed by atoms with Gasteiger partial charge < -0.3 is 15.7 Å². The fraction of sp³-hybridized carbons (Fsp3) is 0.333. The molecule has 0 heterocycles. The summed E-state index contributed by atoms with van der Waals surface area (Å²) in [7, 11) is 0. The van der Waals surface area contributed by atoms with Crippen molar-refractivity contribution < 1.29 is 14.7 Å². The van der Waals surface area contributed by atoms with Crippen molar-refractivity contribution in [2.45, 2.75) is 12.8 Å². The van der Waals surface area contributed by atoms with Crippen molar-refractivity contribution in [3.8, 4) is 0 Å². The number of hydrogen-bond donors (Lipinski definition) is 3. The highest BCUT2D eigenvalue weighted by molar-refractivity contribution is 6.30. The summed E-state index contributed by atoms with van der Waals surface area (Å²) in [5.41, 5.74) is 0.639. The maximum Gasteiger partial charge on any atom is 0.303 e. The van der Waals surface area contributed by atoms with E-state index in [1.54, 1.807) is 24.3 Å². The van der Waals surface area contributed by atoms with E-state index in [1.807, 2.05) is 0 Å². The van der Waals surface area contributed by atoms with Gasteiger partial charge in [-0.1, -0.05) is 17.7 Å². The highest BCUT2D eigenvalue weighted by Crippen LogP contribution is 2.14. The number of hydrogen-bond acceptors (Lipinski definition) is 3. The minimum atomic E-state index is -0.833. The number of amides is 1. The Morgan fingerprint density at radius 2 is 2.11 bits per heavy atom. The van der Waals surface area contributed by atoms with Crippen LogP contribution in [0.5, 0.6) is 0 Å². The summed E-state index contributed by atoms with van der Waals surface area (Å²) in [6, 6.07) is 6.87. The Kier molecular flexibility index (Phi) is 6.18. The lowest BCUT2D eigenvalue weighted by molar-refractivity contribution is -0.137. The molecular formula is C12H15ClN2O3. The molecule has 3 N–H and O–H groups in total. The normalized spacial score (nSPS) is 10.1. The van der Waals surface area contributed by atoms with Gasteiger partial charge in [0.1, 0.15) is 0 Å². The van der Waals surface area contributed by atoms with Gasteiger partial charge >= 0.3 is 5.97 Å². The van der Waals surface area contributed by atoms with E-state index in [9.17, 15) is 9.59 Å². The number of anilines is 1. The Balaban J connectivity index is 2.20. The van der Waals surface area contributed by atoms with Gasteiger partial charge in [-0.05, 0) is 31.2 Å². The molecule has 0 saturated heterocycles. The summed E-state index contributed by atoms with van der Waals surface area (Å²) in [5.74, 6) is -1.02. The van der Waals surface area contributed by atoms with Crippen LogP contribution in [0, 0.1) is 0 Å². The Morgan fingerprint density at radius 3 is 2.78 bits per heavy atom. The summed E-state index contributed by atoms with van der Waals surface area (Å²) in [4.78, 5) is 21.7. The average molecular weight is 271 g/mol. The smallest absolute Gasteiger partial charge is 0.303 e. The first-order valence-electron chi connectivity index (χ1n) is 5.56. The van der Waals surface area contributed by atoms with Crippen LogP contribution in [0.15, 0.2) is 24.3 Å². The summed E-state index contributed by atoms with van der Waals surface area (Å²) in [6.07, 6.45) is 0.600. The van der Waals surface area contributed by atoms with Crippen molar-refractivity contribution in [1.29, 1.82) is 0 Å². The zero-order chi connectivity index (χ0) is 13.4. The maximum atomic E-state index is 11.5. The summed E-state index contributed by atoms with van der Waals surface area (Å²) >= 11 is 5.78. The molecule has 1 aromatic rings. The van der Waals surface area contributed by atoms with E-state index in [1.165, 1.54) is 0 Å². The molecule has 5 nitrogen and oxygen atoms in total. The molecule has 6 heteroatoms. The molecule has 0 aliphatic carbocycles. The fourth-order valence-corrected chi connectivity index (χ4v) is 1.53. The third-order valence-electron chi connectivity index (χ3n) is 2.14. The second-order valence-electron chi connectivity index (χ2n) is 3.73. The Bertz CT molecular complexity index is 424. The van der Waals surface area contributed by atoms with Gasteiger partial charge in [-0.2, -0.15) is 0 Å². The van der Waals surface area contributed by atoms with Crippen LogP contribution >= 0.6 is 11.6 Å². The van der Waals surface area contributed by atoms with Gasteiger partial charge in [0.15, 0.2) is 0 Å². The van der Waals surface area contributed by atoms with Gasteiger partial charge in [0.2, 0.25) is 5.91 Å². The SMILES string of the molecule is O=C(O)CCCNCC(=O)Nc1cccc(Cl)c1. The third-order valence-corrected chi connectivity index (χ3v) is 2.37. The monoisotopic (exact) mass is 270 g/mol. The number of aliphatic carboxylic acids is 1. The van der Waals surface area contributed by atoms with Crippen molar-refractivity contribution in [3.63, 3.8) is 0 Å². The summed E-state index contributed by atoms with van der Waals surface area (Å²) in [5, 5.41) is 14.5. The number of halogens is 1. The topological polar surface area (TPSA) is 78.4 Å². The number of carbonyl (C=O) groups is 2. The van der Waals surface area contributed by atoms with Crippen LogP contribution in [-0.2, 0) is 9.59 Å². The van der Waals surface area contributed by atoms with Crippen LogP contribution in [-0.4, -0.2) is 30.1 Å². The predicted molar refractivity (Wildman–Crippen MR) is 69.8 cm³/mol. The van der Waals surface area contributed by atoms with Gasteiger partial charge in [-0.25, -0.2) is 0 Å². The van der Waals surface area contributed by atoms with Gasteiger partial charge in [0.25, 0.3) is 0 Å². The first kappa shape index (κ1) is 14.5. The van der Waals surface area contributed by atoms with E-state index in [-0.39, 0.29) is 18.9 Å². The highest BCUT2D eigenvalue weighted by Gasteiger charge is 2.02. The molecule has 0 aliphatic rings. The van der Waals surface area contributed by atoms with Gasteiger partial charge in [-0.15, -0.1) is 0 Å². The molecule has 18 heavy (non-hydrogen) atoms. The Labute approximate surface area is 110 Å². The molecule has 0 aromatic heterocycles. The van der Waals surface area contributed by atoms with Gasteiger partial charge in [-0.3, -0.25) is 9.59 Å². The molecule has 0 atom stereocenters. The number of carboxylic acid groups (broad SMARTS) is 1. The van der Waals surface area contributed by atoms with E-state index in [2.05, 4.69) is 10.6 Å². The lowest BCUT2D eigenvalue weighted by Crippen LogP contribution is -2.29. The second-order valence-corrected chi connectivity index (χ2v) is 4.17. The lowest BCUT2D eigenvalue weighted by Gasteiger charge is -2.06. The quantitative estimate of drug-likeness (QED) is 0.660. The molecular weight excluding hydrogens is 256 g/mol. The largest absolute Gasteiger partial charge is 0.481 e. The molecule has 0 bridgehead atoms. The van der Waals surface area contributed by atoms with Crippen LogP contribution < -0.4 is 10.6 Å². The second kappa shape index (κ2) is 7.68. The van der Waals surface area contributed by atoms with Crippen LogP contribution in [0.1, 0.15) is 12.8 Å². The highest BCUT2D eigenvalue weighted by atomic mass is 35.5. The van der Waals surface area contributed by atoms with Crippen molar-refractivity contribution in [2.75, 3.05) is 18.4 Å². The molecule has 0 saturated carbocycles. The first-order valence-corrected chi connectivity index (χ1v) is 5.93. The average Bonchev–Trinajstić information content (AvgIpc) is 2.28. The molecule has 0 fully saturated rings. The van der Waals surface area contributed by atoms with Crippen molar-refractivity contribution in [2.24, 2.45) is 0 Å². The lowest BCUT2D eigenvalue weighted by atomic mass is 10.3. The van der Waals surface area contributed by atoms with Crippen LogP contribution in [0.2, 0.25) is 5.02 Å². The Morgan fingerprint density at radius 1 is 1.33 bits per heavy atom. The number of benzene rings is 1. The maximum absolute atomic E-state index is 11.5. The molecule has 0 unspecified atom stereocenters. The number of rotatable bonds is 7. The summed E-state index contributed by atoms with van der Waals surface area (Å²) < 4.78 is 0. The Hall–Kier alpha value is -1.59. The molecule has 0 aliphatic heterocycles. The molecule has 98 valence electrons. The van der Waals surface area contributed by atoms with Crippen LogP contribution in [0.4, 0.5) is 5.69 Å². The van der Waals surface area contributed by atoms with Crippen molar-refractivity contribution >= 4 is 29.2 Å². The predicted octanol–water partition coefficient (Wildman–Crippen LogP) is 1.73. The minimum Gasteiger partial charge on any atom is -0.481 e. The molecule has 1 rings (SSSR count). The van der Waals surface area contributed by atoms with E-state index >= 15 is 0 Å². The standard InChI is InChI=1S/C12H15ClN2O3/c13-9-3-1-4-10(7-9)15-11(16)8-14-6-2-5-12(17)18/h1,3-4,7,14H,2,5-6,8H2,(H,15,16)(H,17,18). The molecule has 1 aromatic carbocycles. The number of carboxylic acids is 1. The zero-order valence-electron chi connectivity index (χ0n) is 9.78. The fourth-order valence-electron chi connectivity index (χ4n) is 1.34. The van der Waals surface area contributed by atoms with Crippen LogP contribution in [0.25, 0.3) is 0 Å². The summed E-state index contributed by atoms with van der Waals surface area (Å²) in [6.45, 7) is 0.640. The first-order chi connectivity index (χ1) is 8.58. The molecule has 0 spiro atoms. The van der Waals surface area contributed by atoms with E-state index in [0.29, 0.717) is 23.7 Å². The van der Waals surface area contributed by atoms with Gasteiger partial charge in [0, 0.05) is 17.1 Å². The zero-order valence-corrected chi connectivity index (χ0v) is 10.5. The minimum absolute atomic E-state index is 0.100. The van der Waals surface area contributed by atoms with E-state index in [4.69, 9.17) is 16.7 Å². The number of nitrogens with one attached hydrogen (secondary N) is 2. The van der Waals surface area contributed by atoms with Crippen LogP contribution in [0.3, 0.4) is 0 Å². The van der Waals surface area contributed by atoms with E-state index < -0.39 is 5.97 Å². The molecule has 1 amide bonds. The van der Waals surface area contributed by atoms with Crippen molar-refractivity contribution in [3.05, 3.63) is 29.3 Å². The van der Waals surface area contributed by atoms with Gasteiger partial charge in [0.05, 0.1) is 6.54 Å². The third kappa shape index (κ3) is 6.22. The molecule has 0 radical (unpaired) electrons. The van der Waals surface area contributed by atoms with Crippen molar-refractivity contribution in [1.82, 2.24) is 5.32 Å².